The molecule has 0 amide bonds. The first-order valence-electron chi connectivity index (χ1n) is 8.74. The van der Waals surface area contributed by atoms with Gasteiger partial charge in [0.05, 0.1) is 13.2 Å². The summed E-state index contributed by atoms with van der Waals surface area (Å²) in [5.41, 5.74) is 3.04. The second-order valence-corrected chi connectivity index (χ2v) is 6.84. The first-order valence-corrected chi connectivity index (χ1v) is 10.1. The number of hydrogen-bond donors (Lipinski definition) is 3. The third-order valence-electron chi connectivity index (χ3n) is 3.96. The highest BCUT2D eigenvalue weighted by atomic mass is 32.2. The molecule has 0 unspecified atom stereocenters. The van der Waals surface area contributed by atoms with E-state index in [9.17, 15) is 13.9 Å². The van der Waals surface area contributed by atoms with Crippen LogP contribution >= 0.6 is 11.8 Å². The topological polar surface area (TPSA) is 56.7 Å². The number of halogens is 2. The van der Waals surface area contributed by atoms with Crippen LogP contribution < -0.4 is 10.6 Å². The maximum Gasteiger partial charge on any atom is 0.191 e. The zero-order chi connectivity index (χ0) is 19.6. The largest absolute Gasteiger partial charge is 0.392 e. The van der Waals surface area contributed by atoms with Crippen LogP contribution in [0.15, 0.2) is 41.4 Å². The molecule has 0 aliphatic heterocycles. The van der Waals surface area contributed by atoms with Crippen LogP contribution in [0.2, 0.25) is 0 Å². The maximum atomic E-state index is 13.5. The Balaban J connectivity index is 2.08. The number of nitrogens with one attached hydrogen (secondary N) is 2. The van der Waals surface area contributed by atoms with Crippen molar-refractivity contribution in [2.75, 3.05) is 12.8 Å². The third kappa shape index (κ3) is 6.52. The van der Waals surface area contributed by atoms with E-state index in [0.29, 0.717) is 25.6 Å². The van der Waals surface area contributed by atoms with Gasteiger partial charge >= 0.3 is 0 Å². The van der Waals surface area contributed by atoms with Crippen molar-refractivity contribution in [3.8, 4) is 0 Å². The Labute approximate surface area is 163 Å². The summed E-state index contributed by atoms with van der Waals surface area (Å²) >= 11 is 1.64. The monoisotopic (exact) mass is 393 g/mol. The van der Waals surface area contributed by atoms with E-state index in [1.165, 1.54) is 12.1 Å². The van der Waals surface area contributed by atoms with E-state index < -0.39 is 5.82 Å². The lowest BCUT2D eigenvalue weighted by Crippen LogP contribution is -2.37. The number of nitrogens with zero attached hydrogens (tertiary/aromatic N) is 1. The highest BCUT2D eigenvalue weighted by Crippen LogP contribution is 2.17. The standard InChI is InChI=1S/C20H25F2N3OS/c1-3-23-20(24-10-14-4-7-19(22)16(8-14)12-26)25-11-15-5-6-18(21)9-17(15)13-27-2/h4-9,26H,3,10-13H2,1-2H3,(H2,23,24,25). The van der Waals surface area contributed by atoms with Crippen LogP contribution in [-0.2, 0) is 25.4 Å². The van der Waals surface area contributed by atoms with Crippen molar-refractivity contribution in [1.82, 2.24) is 10.6 Å². The number of hydrogen-bond acceptors (Lipinski definition) is 3. The molecular weight excluding hydrogens is 368 g/mol. The van der Waals surface area contributed by atoms with Crippen LogP contribution in [0, 0.1) is 11.6 Å². The molecule has 0 fully saturated rings. The number of aliphatic hydroxyl groups excluding tert-OH is 1. The van der Waals surface area contributed by atoms with Crippen LogP contribution in [0.1, 0.15) is 29.2 Å². The molecule has 0 spiro atoms. The van der Waals surface area contributed by atoms with Crippen molar-refractivity contribution < 1.29 is 13.9 Å². The van der Waals surface area contributed by atoms with E-state index in [1.807, 2.05) is 13.2 Å². The van der Waals surface area contributed by atoms with Gasteiger partial charge in [0.1, 0.15) is 11.6 Å². The Morgan fingerprint density at radius 2 is 1.89 bits per heavy atom. The Bertz CT molecular complexity index is 784. The van der Waals surface area contributed by atoms with Gasteiger partial charge in [0, 0.05) is 24.4 Å². The summed E-state index contributed by atoms with van der Waals surface area (Å²) in [5.74, 6) is 0.696. The molecule has 0 aromatic heterocycles. The number of thioether (sulfide) groups is 1. The summed E-state index contributed by atoms with van der Waals surface area (Å²) in [5, 5.41) is 15.6. The minimum atomic E-state index is -0.423. The predicted molar refractivity (Wildman–Crippen MR) is 108 cm³/mol. The maximum absolute atomic E-state index is 13.5. The normalized spacial score (nSPS) is 11.5. The Kier molecular flexibility index (Phi) is 8.54. The Hall–Kier alpha value is -2.12. The number of aliphatic imine (C=N–C) groups is 1. The molecule has 27 heavy (non-hydrogen) atoms. The Morgan fingerprint density at radius 1 is 1.07 bits per heavy atom. The van der Waals surface area contributed by atoms with Gasteiger partial charge in [-0.25, -0.2) is 13.8 Å². The molecule has 2 rings (SSSR count). The van der Waals surface area contributed by atoms with Crippen LogP contribution in [0.5, 0.6) is 0 Å². The average molecular weight is 394 g/mol. The van der Waals surface area contributed by atoms with Gasteiger partial charge in [0.2, 0.25) is 0 Å². The van der Waals surface area contributed by atoms with Crippen molar-refractivity contribution >= 4 is 17.7 Å². The smallest absolute Gasteiger partial charge is 0.191 e. The fourth-order valence-corrected chi connectivity index (χ4v) is 3.18. The molecular formula is C20H25F2N3OS. The zero-order valence-corrected chi connectivity index (χ0v) is 16.4. The fraction of sp³-hybridized carbons (Fsp3) is 0.350. The molecule has 0 radical (unpaired) electrons. The number of benzene rings is 2. The highest BCUT2D eigenvalue weighted by Gasteiger charge is 2.06. The quantitative estimate of drug-likeness (QED) is 0.474. The molecule has 4 nitrogen and oxygen atoms in total. The second kappa shape index (κ2) is 10.9. The van der Waals surface area contributed by atoms with Gasteiger partial charge in [0.25, 0.3) is 0 Å². The highest BCUT2D eigenvalue weighted by molar-refractivity contribution is 7.97. The van der Waals surface area contributed by atoms with Gasteiger partial charge in [0.15, 0.2) is 5.96 Å². The molecule has 3 N–H and O–H groups in total. The zero-order valence-electron chi connectivity index (χ0n) is 15.6. The molecule has 0 bridgehead atoms. The number of guanidine groups is 1. The number of rotatable bonds is 8. The molecule has 146 valence electrons. The Morgan fingerprint density at radius 3 is 2.59 bits per heavy atom. The molecule has 2 aromatic carbocycles. The van der Waals surface area contributed by atoms with E-state index in [2.05, 4.69) is 15.6 Å². The lowest BCUT2D eigenvalue weighted by Gasteiger charge is -2.14. The summed E-state index contributed by atoms with van der Waals surface area (Å²) < 4.78 is 27.0. The van der Waals surface area contributed by atoms with Crippen LogP contribution in [-0.4, -0.2) is 23.9 Å². The van der Waals surface area contributed by atoms with Crippen molar-refractivity contribution in [1.29, 1.82) is 0 Å². The first kappa shape index (κ1) is 21.2. The van der Waals surface area contributed by atoms with Gasteiger partial charge in [-0.3, -0.25) is 0 Å². The van der Waals surface area contributed by atoms with E-state index in [1.54, 1.807) is 36.0 Å². The summed E-state index contributed by atoms with van der Waals surface area (Å²) in [6, 6.07) is 9.40. The van der Waals surface area contributed by atoms with Gasteiger partial charge < -0.3 is 15.7 Å². The fourth-order valence-electron chi connectivity index (χ4n) is 2.60. The molecule has 0 saturated carbocycles. The SMILES string of the molecule is CCNC(=NCc1ccc(F)c(CO)c1)NCc1ccc(F)cc1CSC. The third-order valence-corrected chi connectivity index (χ3v) is 4.56. The van der Waals surface area contributed by atoms with Gasteiger partial charge in [-0.15, -0.1) is 0 Å². The molecule has 0 saturated heterocycles. The first-order chi connectivity index (χ1) is 13.1. The summed E-state index contributed by atoms with van der Waals surface area (Å²) in [7, 11) is 0. The molecule has 0 heterocycles. The van der Waals surface area contributed by atoms with E-state index >= 15 is 0 Å². The van der Waals surface area contributed by atoms with Crippen molar-refractivity contribution in [2.45, 2.75) is 32.4 Å². The summed E-state index contributed by atoms with van der Waals surface area (Å²) in [6.07, 6.45) is 1.98. The minimum absolute atomic E-state index is 0.237. The molecule has 0 atom stereocenters. The van der Waals surface area contributed by atoms with Gasteiger partial charge in [-0.05, 0) is 54.1 Å². The molecule has 0 aliphatic carbocycles. The lowest BCUT2D eigenvalue weighted by molar-refractivity contribution is 0.275. The summed E-state index contributed by atoms with van der Waals surface area (Å²) in [4.78, 5) is 4.51. The molecule has 2 aromatic rings. The summed E-state index contributed by atoms with van der Waals surface area (Å²) in [6.45, 7) is 3.19. The van der Waals surface area contributed by atoms with Crippen molar-refractivity contribution in [3.05, 3.63) is 70.3 Å². The van der Waals surface area contributed by atoms with Gasteiger partial charge in [-0.2, -0.15) is 11.8 Å². The van der Waals surface area contributed by atoms with Gasteiger partial charge in [-0.1, -0.05) is 12.1 Å². The second-order valence-electron chi connectivity index (χ2n) is 5.98. The van der Waals surface area contributed by atoms with E-state index in [4.69, 9.17) is 0 Å². The van der Waals surface area contributed by atoms with Crippen molar-refractivity contribution in [3.63, 3.8) is 0 Å². The number of aliphatic hydroxyl groups is 1. The van der Waals surface area contributed by atoms with E-state index in [0.717, 1.165) is 22.4 Å². The van der Waals surface area contributed by atoms with Crippen molar-refractivity contribution in [2.24, 2.45) is 4.99 Å². The van der Waals surface area contributed by atoms with Crippen LogP contribution in [0.25, 0.3) is 0 Å². The van der Waals surface area contributed by atoms with E-state index in [-0.39, 0.29) is 18.0 Å². The molecule has 0 aliphatic rings. The van der Waals surface area contributed by atoms with Crippen LogP contribution in [0.3, 0.4) is 0 Å². The molecule has 7 heteroatoms. The predicted octanol–water partition coefficient (Wildman–Crippen LogP) is 3.58. The average Bonchev–Trinajstić information content (AvgIpc) is 2.66. The minimum Gasteiger partial charge on any atom is -0.392 e. The van der Waals surface area contributed by atoms with Crippen LogP contribution in [0.4, 0.5) is 8.78 Å². The lowest BCUT2D eigenvalue weighted by atomic mass is 10.1.